The first-order valence-electron chi connectivity index (χ1n) is 8.60. The van der Waals surface area contributed by atoms with Crippen molar-refractivity contribution in [3.05, 3.63) is 63.9 Å². The van der Waals surface area contributed by atoms with E-state index in [1.165, 1.54) is 12.1 Å². The molecule has 0 bridgehead atoms. The van der Waals surface area contributed by atoms with E-state index in [0.29, 0.717) is 5.56 Å². The average Bonchev–Trinajstić information content (AvgIpc) is 2.86. The molecule has 1 N–H and O–H groups in total. The highest BCUT2D eigenvalue weighted by Gasteiger charge is 2.35. The van der Waals surface area contributed by atoms with E-state index in [0.717, 1.165) is 43.7 Å². The van der Waals surface area contributed by atoms with Gasteiger partial charge in [0.2, 0.25) is 0 Å². The van der Waals surface area contributed by atoms with Crippen LogP contribution in [-0.4, -0.2) is 36.1 Å². The number of aryl methyl sites for hydroxylation is 1. The number of halogens is 4. The Bertz CT molecular complexity index is 756. The molecule has 0 radical (unpaired) electrons. The third-order valence-electron chi connectivity index (χ3n) is 4.71. The summed E-state index contributed by atoms with van der Waals surface area (Å²) in [6.45, 7) is 5.22. The van der Waals surface area contributed by atoms with Crippen LogP contribution in [0.5, 0.6) is 0 Å². The summed E-state index contributed by atoms with van der Waals surface area (Å²) >= 11 is 5.82. The Morgan fingerprint density at radius 2 is 2.00 bits per heavy atom. The lowest BCUT2D eigenvalue weighted by Crippen LogP contribution is -2.33. The summed E-state index contributed by atoms with van der Waals surface area (Å²) in [6.07, 6.45) is -0.101. The summed E-state index contributed by atoms with van der Waals surface area (Å²) in [5, 5.41) is 3.07. The fraction of sp³-hybridized carbons (Fsp3) is 0.421. The molecule has 1 aromatic carbocycles. The van der Waals surface area contributed by atoms with Crippen molar-refractivity contribution < 1.29 is 13.2 Å². The lowest BCUT2D eigenvalue weighted by molar-refractivity contribution is -0.137. The highest BCUT2D eigenvalue weighted by molar-refractivity contribution is 6.31. The zero-order valence-corrected chi connectivity index (χ0v) is 15.2. The van der Waals surface area contributed by atoms with Gasteiger partial charge in [0.25, 0.3) is 0 Å². The molecule has 140 valence electrons. The Hall–Kier alpha value is -1.63. The van der Waals surface area contributed by atoms with E-state index in [-0.39, 0.29) is 11.1 Å². The first-order chi connectivity index (χ1) is 12.4. The van der Waals surface area contributed by atoms with Gasteiger partial charge in [0.05, 0.1) is 16.6 Å². The van der Waals surface area contributed by atoms with Gasteiger partial charge in [0, 0.05) is 32.0 Å². The second-order valence-electron chi connectivity index (χ2n) is 6.51. The Morgan fingerprint density at radius 1 is 1.19 bits per heavy atom. The molecule has 0 amide bonds. The molecule has 1 aromatic heterocycles. The fourth-order valence-corrected chi connectivity index (χ4v) is 3.66. The largest absolute Gasteiger partial charge is 0.417 e. The van der Waals surface area contributed by atoms with Crippen LogP contribution in [0.15, 0.2) is 36.7 Å². The zero-order valence-electron chi connectivity index (χ0n) is 14.5. The first-order valence-corrected chi connectivity index (χ1v) is 8.97. The molecular weight excluding hydrogens is 363 g/mol. The van der Waals surface area contributed by atoms with Crippen LogP contribution in [0, 0.1) is 6.92 Å². The van der Waals surface area contributed by atoms with E-state index in [9.17, 15) is 13.2 Å². The summed E-state index contributed by atoms with van der Waals surface area (Å²) in [6, 6.07) is 5.85. The zero-order chi connectivity index (χ0) is 18.7. The highest BCUT2D eigenvalue weighted by atomic mass is 35.5. The maximum absolute atomic E-state index is 13.4. The third-order valence-corrected chi connectivity index (χ3v) is 5.04. The van der Waals surface area contributed by atoms with Crippen LogP contribution in [0.2, 0.25) is 5.02 Å². The molecule has 2 heterocycles. The van der Waals surface area contributed by atoms with Crippen LogP contribution in [0.1, 0.15) is 34.7 Å². The quantitative estimate of drug-likeness (QED) is 0.848. The van der Waals surface area contributed by atoms with E-state index in [1.807, 2.05) is 13.0 Å². The lowest BCUT2D eigenvalue weighted by atomic mass is 9.93. The number of alkyl halides is 3. The van der Waals surface area contributed by atoms with E-state index < -0.39 is 11.7 Å². The summed E-state index contributed by atoms with van der Waals surface area (Å²) < 4.78 is 40.1. The van der Waals surface area contributed by atoms with Gasteiger partial charge in [-0.25, -0.2) is 0 Å². The van der Waals surface area contributed by atoms with Gasteiger partial charge in [0.1, 0.15) is 0 Å². The Labute approximate surface area is 156 Å². The SMILES string of the molecule is Cc1cnccc1C(c1ccc(Cl)c(C(F)(F)F)c1)N1CCCNCC1. The molecule has 3 rings (SSSR count). The fourth-order valence-electron chi connectivity index (χ4n) is 3.43. The molecule has 0 saturated carbocycles. The normalized spacial score (nSPS) is 17.7. The number of rotatable bonds is 3. The molecular formula is C19H21ClF3N3. The smallest absolute Gasteiger partial charge is 0.315 e. The van der Waals surface area contributed by atoms with Crippen molar-refractivity contribution >= 4 is 11.6 Å². The van der Waals surface area contributed by atoms with Gasteiger partial charge in [0.15, 0.2) is 0 Å². The standard InChI is InChI=1S/C19H21ClF3N3/c1-13-12-25-7-5-15(13)18(26-9-2-6-24-8-10-26)14-3-4-17(20)16(11-14)19(21,22)23/h3-5,7,11-12,18,24H,2,6,8-10H2,1H3. The van der Waals surface area contributed by atoms with Crippen molar-refractivity contribution in [1.29, 1.82) is 0 Å². The molecule has 2 aromatic rings. The summed E-state index contributed by atoms with van der Waals surface area (Å²) in [7, 11) is 0. The van der Waals surface area contributed by atoms with Crippen LogP contribution in [-0.2, 0) is 6.18 Å². The highest BCUT2D eigenvalue weighted by Crippen LogP contribution is 2.39. The van der Waals surface area contributed by atoms with Gasteiger partial charge < -0.3 is 5.32 Å². The number of nitrogens with zero attached hydrogens (tertiary/aromatic N) is 2. The van der Waals surface area contributed by atoms with Crippen molar-refractivity contribution in [2.45, 2.75) is 25.6 Å². The lowest BCUT2D eigenvalue weighted by Gasteiger charge is -2.32. The van der Waals surface area contributed by atoms with Crippen LogP contribution in [0.4, 0.5) is 13.2 Å². The van der Waals surface area contributed by atoms with Gasteiger partial charge in [-0.2, -0.15) is 13.2 Å². The molecule has 3 nitrogen and oxygen atoms in total. The van der Waals surface area contributed by atoms with Crippen LogP contribution in [0.3, 0.4) is 0 Å². The van der Waals surface area contributed by atoms with E-state index in [4.69, 9.17) is 11.6 Å². The van der Waals surface area contributed by atoms with Crippen molar-refractivity contribution in [3.8, 4) is 0 Å². The number of pyridine rings is 1. The number of hydrogen-bond acceptors (Lipinski definition) is 3. The van der Waals surface area contributed by atoms with Gasteiger partial charge in [-0.3, -0.25) is 9.88 Å². The molecule has 1 fully saturated rings. The maximum atomic E-state index is 13.4. The van der Waals surface area contributed by atoms with Crippen LogP contribution < -0.4 is 5.32 Å². The molecule has 1 aliphatic heterocycles. The molecule has 1 atom stereocenters. The van der Waals surface area contributed by atoms with E-state index in [1.54, 1.807) is 18.5 Å². The molecule has 26 heavy (non-hydrogen) atoms. The minimum Gasteiger partial charge on any atom is -0.315 e. The van der Waals surface area contributed by atoms with Gasteiger partial charge in [-0.15, -0.1) is 0 Å². The molecule has 1 saturated heterocycles. The number of benzene rings is 1. The minimum absolute atomic E-state index is 0.267. The van der Waals surface area contributed by atoms with Gasteiger partial charge in [-0.05, 0) is 54.8 Å². The van der Waals surface area contributed by atoms with Gasteiger partial charge in [-0.1, -0.05) is 17.7 Å². The Balaban J connectivity index is 2.10. The Morgan fingerprint density at radius 3 is 2.73 bits per heavy atom. The number of aromatic nitrogens is 1. The molecule has 1 aliphatic rings. The monoisotopic (exact) mass is 383 g/mol. The number of nitrogens with one attached hydrogen (secondary N) is 1. The van der Waals surface area contributed by atoms with Gasteiger partial charge >= 0.3 is 6.18 Å². The van der Waals surface area contributed by atoms with Crippen LogP contribution in [0.25, 0.3) is 0 Å². The van der Waals surface area contributed by atoms with Crippen molar-refractivity contribution in [2.75, 3.05) is 26.2 Å². The Kier molecular flexibility index (Phi) is 5.85. The summed E-state index contributed by atoms with van der Waals surface area (Å²) in [5.74, 6) is 0. The molecule has 7 heteroatoms. The molecule has 0 spiro atoms. The maximum Gasteiger partial charge on any atom is 0.417 e. The third kappa shape index (κ3) is 4.19. The summed E-state index contributed by atoms with van der Waals surface area (Å²) in [5.41, 5.74) is 1.73. The van der Waals surface area contributed by atoms with E-state index >= 15 is 0 Å². The number of hydrogen-bond donors (Lipinski definition) is 1. The average molecular weight is 384 g/mol. The first kappa shape index (κ1) is 19.1. The molecule has 0 aliphatic carbocycles. The second-order valence-corrected chi connectivity index (χ2v) is 6.92. The van der Waals surface area contributed by atoms with Crippen molar-refractivity contribution in [1.82, 2.24) is 15.2 Å². The molecule has 1 unspecified atom stereocenters. The minimum atomic E-state index is -4.48. The van der Waals surface area contributed by atoms with Crippen molar-refractivity contribution in [2.24, 2.45) is 0 Å². The predicted octanol–water partition coefficient (Wildman–Crippen LogP) is 4.45. The predicted molar refractivity (Wildman–Crippen MR) is 96.3 cm³/mol. The van der Waals surface area contributed by atoms with Crippen molar-refractivity contribution in [3.63, 3.8) is 0 Å². The van der Waals surface area contributed by atoms with Crippen LogP contribution >= 0.6 is 11.6 Å². The summed E-state index contributed by atoms with van der Waals surface area (Å²) in [4.78, 5) is 6.35. The second kappa shape index (κ2) is 7.94. The topological polar surface area (TPSA) is 28.2 Å². The van der Waals surface area contributed by atoms with E-state index in [2.05, 4.69) is 15.2 Å².